The van der Waals surface area contributed by atoms with E-state index in [2.05, 4.69) is 10.4 Å². The van der Waals surface area contributed by atoms with Crippen LogP contribution in [0.1, 0.15) is 12.8 Å². The molecule has 1 amide bonds. The van der Waals surface area contributed by atoms with Crippen molar-refractivity contribution in [3.63, 3.8) is 0 Å². The smallest absolute Gasteiger partial charge is 0.239 e. The van der Waals surface area contributed by atoms with E-state index >= 15 is 0 Å². The lowest BCUT2D eigenvalue weighted by atomic mass is 10.2. The quantitative estimate of drug-likeness (QED) is 0.719. The highest BCUT2D eigenvalue weighted by atomic mass is 16.2. The van der Waals surface area contributed by atoms with Crippen LogP contribution in [0.2, 0.25) is 0 Å². The van der Waals surface area contributed by atoms with Crippen LogP contribution in [0.5, 0.6) is 0 Å². The Morgan fingerprint density at radius 1 is 1.62 bits per heavy atom. The molecular formula is C11H18N4O. The summed E-state index contributed by atoms with van der Waals surface area (Å²) in [6.07, 6.45) is 5.66. The minimum atomic E-state index is 0.0302. The standard InChI is InChI=1S/C11H18N4O/c1-14-9-4-10(11(14)16)12-5-2-7-15-8-3-6-13-15/h3,6,8,10,12H,2,4-5,7,9H2,1H3. The van der Waals surface area contributed by atoms with Crippen LogP contribution in [0, 0.1) is 0 Å². The molecule has 1 unspecified atom stereocenters. The molecule has 1 aromatic rings. The summed E-state index contributed by atoms with van der Waals surface area (Å²) < 4.78 is 1.91. The van der Waals surface area contributed by atoms with E-state index in [4.69, 9.17) is 0 Å². The first-order chi connectivity index (χ1) is 7.77. The molecule has 0 radical (unpaired) electrons. The fourth-order valence-electron chi connectivity index (χ4n) is 1.96. The minimum Gasteiger partial charge on any atom is -0.344 e. The number of nitrogens with zero attached hydrogens (tertiary/aromatic N) is 3. The van der Waals surface area contributed by atoms with Gasteiger partial charge in [-0.3, -0.25) is 9.48 Å². The van der Waals surface area contributed by atoms with E-state index in [0.717, 1.165) is 32.5 Å². The molecule has 16 heavy (non-hydrogen) atoms. The van der Waals surface area contributed by atoms with Crippen LogP contribution in [0.15, 0.2) is 18.5 Å². The molecule has 88 valence electrons. The van der Waals surface area contributed by atoms with E-state index in [9.17, 15) is 4.79 Å². The number of hydrogen-bond acceptors (Lipinski definition) is 3. The van der Waals surface area contributed by atoms with Gasteiger partial charge < -0.3 is 10.2 Å². The highest BCUT2D eigenvalue weighted by molar-refractivity contribution is 5.83. The predicted molar refractivity (Wildman–Crippen MR) is 60.9 cm³/mol. The van der Waals surface area contributed by atoms with Crippen molar-refractivity contribution in [2.75, 3.05) is 20.1 Å². The van der Waals surface area contributed by atoms with Crippen LogP contribution in [0.3, 0.4) is 0 Å². The summed E-state index contributed by atoms with van der Waals surface area (Å²) in [7, 11) is 1.85. The highest BCUT2D eigenvalue weighted by Crippen LogP contribution is 2.08. The van der Waals surface area contributed by atoms with Gasteiger partial charge in [-0.1, -0.05) is 0 Å². The average molecular weight is 222 g/mol. The summed E-state index contributed by atoms with van der Waals surface area (Å²) in [6.45, 7) is 2.64. The second-order valence-corrected chi connectivity index (χ2v) is 4.18. The number of carbonyl (C=O) groups is 1. The molecule has 1 aliphatic rings. The van der Waals surface area contributed by atoms with E-state index < -0.39 is 0 Å². The lowest BCUT2D eigenvalue weighted by molar-refractivity contribution is -0.128. The first-order valence-corrected chi connectivity index (χ1v) is 5.73. The number of hydrogen-bond donors (Lipinski definition) is 1. The predicted octanol–water partition coefficient (Wildman–Crippen LogP) is 0.0935. The van der Waals surface area contributed by atoms with Gasteiger partial charge in [0.2, 0.25) is 5.91 Å². The van der Waals surface area contributed by atoms with Crippen LogP contribution in [-0.2, 0) is 11.3 Å². The maximum Gasteiger partial charge on any atom is 0.239 e. The summed E-state index contributed by atoms with van der Waals surface area (Å²) in [5.41, 5.74) is 0. The fourth-order valence-corrected chi connectivity index (χ4v) is 1.96. The molecule has 2 heterocycles. The van der Waals surface area contributed by atoms with Crippen LogP contribution in [0.25, 0.3) is 0 Å². The molecule has 1 atom stereocenters. The molecule has 0 saturated carbocycles. The number of likely N-dealkylation sites (N-methyl/N-ethyl adjacent to an activating group) is 1. The van der Waals surface area contributed by atoms with Crippen molar-refractivity contribution in [2.24, 2.45) is 0 Å². The van der Waals surface area contributed by atoms with Gasteiger partial charge in [-0.2, -0.15) is 5.10 Å². The van der Waals surface area contributed by atoms with Gasteiger partial charge in [0.1, 0.15) is 0 Å². The number of nitrogens with one attached hydrogen (secondary N) is 1. The van der Waals surface area contributed by atoms with Crippen molar-refractivity contribution in [1.29, 1.82) is 0 Å². The molecule has 0 bridgehead atoms. The van der Waals surface area contributed by atoms with Crippen LogP contribution >= 0.6 is 0 Å². The van der Waals surface area contributed by atoms with Crippen molar-refractivity contribution < 1.29 is 4.79 Å². The molecule has 1 saturated heterocycles. The number of rotatable bonds is 5. The van der Waals surface area contributed by atoms with E-state index in [0.29, 0.717) is 0 Å². The lowest BCUT2D eigenvalue weighted by Crippen LogP contribution is -2.37. The van der Waals surface area contributed by atoms with Crippen LogP contribution in [0.4, 0.5) is 0 Å². The third-order valence-electron chi connectivity index (χ3n) is 2.94. The van der Waals surface area contributed by atoms with Crippen LogP contribution < -0.4 is 5.32 Å². The normalized spacial score (nSPS) is 20.7. The zero-order valence-electron chi connectivity index (χ0n) is 9.59. The molecule has 0 aromatic carbocycles. The lowest BCUT2D eigenvalue weighted by Gasteiger charge is -2.11. The molecule has 0 spiro atoms. The van der Waals surface area contributed by atoms with E-state index in [1.165, 1.54) is 0 Å². The summed E-state index contributed by atoms with van der Waals surface area (Å²) in [5, 5.41) is 7.42. The Balaban J connectivity index is 1.63. The summed E-state index contributed by atoms with van der Waals surface area (Å²) in [5.74, 6) is 0.221. The van der Waals surface area contributed by atoms with Gasteiger partial charge in [0.25, 0.3) is 0 Å². The number of carbonyl (C=O) groups excluding carboxylic acids is 1. The topological polar surface area (TPSA) is 50.2 Å². The molecule has 1 fully saturated rings. The Bertz CT molecular complexity index is 336. The summed E-state index contributed by atoms with van der Waals surface area (Å²) >= 11 is 0. The van der Waals surface area contributed by atoms with Gasteiger partial charge in [0, 0.05) is 32.5 Å². The minimum absolute atomic E-state index is 0.0302. The van der Waals surface area contributed by atoms with Gasteiger partial charge in [0.05, 0.1) is 6.04 Å². The second-order valence-electron chi connectivity index (χ2n) is 4.18. The van der Waals surface area contributed by atoms with Gasteiger partial charge in [-0.05, 0) is 25.5 Å². The Hall–Kier alpha value is -1.36. The zero-order chi connectivity index (χ0) is 11.4. The molecule has 2 rings (SSSR count). The second kappa shape index (κ2) is 5.12. The maximum absolute atomic E-state index is 11.6. The third-order valence-corrected chi connectivity index (χ3v) is 2.94. The molecule has 5 nitrogen and oxygen atoms in total. The first-order valence-electron chi connectivity index (χ1n) is 5.73. The number of likely N-dealkylation sites (tertiary alicyclic amines) is 1. The Kier molecular flexibility index (Phi) is 3.56. The van der Waals surface area contributed by atoms with Crippen LogP contribution in [-0.4, -0.2) is 46.8 Å². The van der Waals surface area contributed by atoms with Crippen molar-refractivity contribution in [2.45, 2.75) is 25.4 Å². The van der Waals surface area contributed by atoms with Crippen molar-refractivity contribution >= 4 is 5.91 Å². The summed E-state index contributed by atoms with van der Waals surface area (Å²) in [6, 6.07) is 1.95. The highest BCUT2D eigenvalue weighted by Gasteiger charge is 2.27. The number of amides is 1. The Morgan fingerprint density at radius 3 is 3.12 bits per heavy atom. The SMILES string of the molecule is CN1CCC(NCCCn2cccn2)C1=O. The van der Waals surface area contributed by atoms with E-state index in [1.807, 2.05) is 24.0 Å². The third kappa shape index (κ3) is 2.61. The molecular weight excluding hydrogens is 204 g/mol. The van der Waals surface area contributed by atoms with Crippen molar-refractivity contribution in [1.82, 2.24) is 20.0 Å². The molecule has 1 N–H and O–H groups in total. The molecule has 1 aliphatic heterocycles. The van der Waals surface area contributed by atoms with Crippen molar-refractivity contribution in [3.05, 3.63) is 18.5 Å². The Morgan fingerprint density at radius 2 is 2.50 bits per heavy atom. The molecule has 0 aliphatic carbocycles. The average Bonchev–Trinajstić information content (AvgIpc) is 2.88. The summed E-state index contributed by atoms with van der Waals surface area (Å²) in [4.78, 5) is 13.4. The van der Waals surface area contributed by atoms with Crippen molar-refractivity contribution in [3.8, 4) is 0 Å². The van der Waals surface area contributed by atoms with Gasteiger partial charge in [-0.15, -0.1) is 0 Å². The molecule has 1 aromatic heterocycles. The number of aryl methyl sites for hydroxylation is 1. The van der Waals surface area contributed by atoms with E-state index in [1.54, 1.807) is 11.1 Å². The van der Waals surface area contributed by atoms with Gasteiger partial charge >= 0.3 is 0 Å². The molecule has 5 heteroatoms. The van der Waals surface area contributed by atoms with Gasteiger partial charge in [0.15, 0.2) is 0 Å². The fraction of sp³-hybridized carbons (Fsp3) is 0.636. The van der Waals surface area contributed by atoms with E-state index in [-0.39, 0.29) is 11.9 Å². The Labute approximate surface area is 95.4 Å². The first kappa shape index (κ1) is 11.1. The number of aromatic nitrogens is 2. The largest absolute Gasteiger partial charge is 0.344 e. The van der Waals surface area contributed by atoms with Gasteiger partial charge in [-0.25, -0.2) is 0 Å². The zero-order valence-corrected chi connectivity index (χ0v) is 9.59. The monoisotopic (exact) mass is 222 g/mol. The maximum atomic E-state index is 11.6.